The summed E-state index contributed by atoms with van der Waals surface area (Å²) in [5.74, 6) is -0.880. The van der Waals surface area contributed by atoms with Gasteiger partial charge in [0.15, 0.2) is 5.76 Å². The van der Waals surface area contributed by atoms with Gasteiger partial charge in [0.05, 0.1) is 4.90 Å². The first-order chi connectivity index (χ1) is 9.25. The zero-order valence-electron chi connectivity index (χ0n) is 10.4. The Morgan fingerprint density at radius 1 is 1.30 bits per heavy atom. The van der Waals surface area contributed by atoms with Crippen molar-refractivity contribution in [1.82, 2.24) is 0 Å². The molecule has 0 atom stereocenters. The van der Waals surface area contributed by atoms with Gasteiger partial charge >= 0.3 is 0 Å². The van der Waals surface area contributed by atoms with E-state index >= 15 is 0 Å². The Bertz CT molecular complexity index is 768. The normalized spacial score (nSPS) is 11.3. The van der Waals surface area contributed by atoms with Gasteiger partial charge in [0.2, 0.25) is 10.0 Å². The van der Waals surface area contributed by atoms with Gasteiger partial charge < -0.3 is 9.73 Å². The zero-order chi connectivity index (χ0) is 14.9. The summed E-state index contributed by atoms with van der Waals surface area (Å²) in [7, 11) is -4.06. The zero-order valence-corrected chi connectivity index (χ0v) is 11.2. The highest BCUT2D eigenvalue weighted by Gasteiger charge is 2.14. The number of benzene rings is 1. The average molecular weight is 298 g/mol. The van der Waals surface area contributed by atoms with Gasteiger partial charge in [0, 0.05) is 5.69 Å². The molecule has 20 heavy (non-hydrogen) atoms. The summed E-state index contributed by atoms with van der Waals surface area (Å²) in [6.07, 6.45) is 0. The lowest BCUT2D eigenvalue weighted by atomic mass is 10.3. The third-order valence-electron chi connectivity index (χ3n) is 2.42. The lowest BCUT2D eigenvalue weighted by Gasteiger charge is -2.06. The van der Waals surface area contributed by atoms with Crippen LogP contribution in [0.2, 0.25) is 0 Å². The number of carbonyl (C=O) groups excluding carboxylic acids is 1. The number of nitrogens with two attached hydrogens (primary N) is 1. The smallest absolute Gasteiger partial charge is 0.291 e. The van der Waals surface area contributed by atoms with E-state index in [1.165, 1.54) is 6.07 Å². The first-order valence-electron chi connectivity index (χ1n) is 5.47. The van der Waals surface area contributed by atoms with Crippen LogP contribution in [0.15, 0.2) is 39.6 Å². The molecule has 0 aliphatic rings. The molecular weight excluding hydrogens is 287 g/mol. The molecule has 0 aliphatic heterocycles. The molecule has 6 nitrogen and oxygen atoms in total. The Balaban J connectivity index is 2.30. The van der Waals surface area contributed by atoms with Crippen LogP contribution < -0.4 is 10.5 Å². The molecule has 8 heteroatoms. The largest absolute Gasteiger partial charge is 0.456 e. The molecular formula is C12H11FN2O4S. The molecule has 0 bridgehead atoms. The minimum atomic E-state index is -4.06. The number of rotatable bonds is 3. The molecule has 3 N–H and O–H groups in total. The van der Waals surface area contributed by atoms with E-state index in [1.807, 2.05) is 0 Å². The van der Waals surface area contributed by atoms with Crippen molar-refractivity contribution in [3.63, 3.8) is 0 Å². The van der Waals surface area contributed by atoms with Gasteiger partial charge in [-0.3, -0.25) is 4.79 Å². The van der Waals surface area contributed by atoms with Crippen LogP contribution in [0.25, 0.3) is 0 Å². The first-order valence-corrected chi connectivity index (χ1v) is 7.01. The Kier molecular flexibility index (Phi) is 3.60. The van der Waals surface area contributed by atoms with Crippen molar-refractivity contribution in [2.24, 2.45) is 5.14 Å². The summed E-state index contributed by atoms with van der Waals surface area (Å²) >= 11 is 0. The molecule has 0 spiro atoms. The maximum absolute atomic E-state index is 13.3. The number of primary sulfonamides is 1. The number of carbonyl (C=O) groups is 1. The fourth-order valence-corrected chi connectivity index (χ4v) is 2.12. The maximum atomic E-state index is 13.3. The summed E-state index contributed by atoms with van der Waals surface area (Å²) in [4.78, 5) is 11.4. The molecule has 0 fully saturated rings. The van der Waals surface area contributed by atoms with E-state index < -0.39 is 26.6 Å². The van der Waals surface area contributed by atoms with E-state index in [0.29, 0.717) is 5.76 Å². The van der Waals surface area contributed by atoms with Crippen LogP contribution in [0.4, 0.5) is 10.1 Å². The van der Waals surface area contributed by atoms with Gasteiger partial charge in [-0.25, -0.2) is 17.9 Å². The minimum absolute atomic E-state index is 0.0314. The predicted molar refractivity (Wildman–Crippen MR) is 69.2 cm³/mol. The van der Waals surface area contributed by atoms with Crippen LogP contribution in [0.3, 0.4) is 0 Å². The maximum Gasteiger partial charge on any atom is 0.291 e. The third kappa shape index (κ3) is 3.22. The van der Waals surface area contributed by atoms with E-state index in [4.69, 9.17) is 9.56 Å². The molecule has 0 saturated heterocycles. The van der Waals surface area contributed by atoms with Gasteiger partial charge in [-0.15, -0.1) is 0 Å². The average Bonchev–Trinajstić information content (AvgIpc) is 2.74. The van der Waals surface area contributed by atoms with Gasteiger partial charge in [-0.2, -0.15) is 0 Å². The van der Waals surface area contributed by atoms with Crippen molar-refractivity contribution in [1.29, 1.82) is 0 Å². The van der Waals surface area contributed by atoms with Crippen LogP contribution in [-0.2, 0) is 10.0 Å². The predicted octanol–water partition coefficient (Wildman–Crippen LogP) is 1.63. The van der Waals surface area contributed by atoms with Gasteiger partial charge in [-0.05, 0) is 37.3 Å². The van der Waals surface area contributed by atoms with Crippen LogP contribution in [0.1, 0.15) is 16.3 Å². The fraction of sp³-hybridized carbons (Fsp3) is 0.0833. The van der Waals surface area contributed by atoms with Crippen LogP contribution in [-0.4, -0.2) is 14.3 Å². The highest BCUT2D eigenvalue weighted by molar-refractivity contribution is 7.89. The number of furan rings is 1. The number of nitrogens with one attached hydrogen (secondary N) is 1. The second kappa shape index (κ2) is 5.06. The molecule has 0 saturated carbocycles. The quantitative estimate of drug-likeness (QED) is 0.898. The van der Waals surface area contributed by atoms with Crippen LogP contribution in [0.5, 0.6) is 0 Å². The number of anilines is 1. The van der Waals surface area contributed by atoms with E-state index in [1.54, 1.807) is 13.0 Å². The molecule has 1 aromatic carbocycles. The topological polar surface area (TPSA) is 102 Å². The molecule has 0 unspecified atom stereocenters. The molecule has 2 rings (SSSR count). The summed E-state index contributed by atoms with van der Waals surface area (Å²) < 4.78 is 40.8. The van der Waals surface area contributed by atoms with Gasteiger partial charge in [-0.1, -0.05) is 0 Å². The first kappa shape index (κ1) is 14.2. The minimum Gasteiger partial charge on any atom is -0.456 e. The van der Waals surface area contributed by atoms with Crippen molar-refractivity contribution in [2.75, 3.05) is 5.32 Å². The summed E-state index contributed by atoms with van der Waals surface area (Å²) in [5, 5.41) is 7.25. The molecule has 2 aromatic rings. The van der Waals surface area contributed by atoms with Crippen LogP contribution >= 0.6 is 0 Å². The second-order valence-electron chi connectivity index (χ2n) is 4.09. The summed E-state index contributed by atoms with van der Waals surface area (Å²) in [6.45, 7) is 1.66. The summed E-state index contributed by atoms with van der Waals surface area (Å²) in [6, 6.07) is 5.84. The molecule has 0 radical (unpaired) electrons. The highest BCUT2D eigenvalue weighted by atomic mass is 32.2. The molecule has 1 amide bonds. The Labute approximate surface area is 114 Å². The van der Waals surface area contributed by atoms with E-state index in [2.05, 4.69) is 5.32 Å². The monoisotopic (exact) mass is 298 g/mol. The van der Waals surface area contributed by atoms with Crippen molar-refractivity contribution >= 4 is 21.6 Å². The van der Waals surface area contributed by atoms with E-state index in [0.717, 1.165) is 18.2 Å². The van der Waals surface area contributed by atoms with E-state index in [9.17, 15) is 17.6 Å². The Morgan fingerprint density at radius 2 is 2.00 bits per heavy atom. The highest BCUT2D eigenvalue weighted by Crippen LogP contribution is 2.18. The Morgan fingerprint density at radius 3 is 2.55 bits per heavy atom. The second-order valence-corrected chi connectivity index (χ2v) is 5.65. The Hall–Kier alpha value is -2.19. The number of hydrogen-bond donors (Lipinski definition) is 2. The van der Waals surface area contributed by atoms with Crippen LogP contribution in [0, 0.1) is 12.7 Å². The van der Waals surface area contributed by atoms with Gasteiger partial charge in [0.25, 0.3) is 5.91 Å². The molecule has 1 heterocycles. The SMILES string of the molecule is Cc1ccc(C(=O)Nc2cc(F)cc(S(N)(=O)=O)c2)o1. The number of sulfonamides is 1. The van der Waals surface area contributed by atoms with Crippen molar-refractivity contribution in [3.05, 3.63) is 47.7 Å². The van der Waals surface area contributed by atoms with Gasteiger partial charge in [0.1, 0.15) is 11.6 Å². The van der Waals surface area contributed by atoms with Crippen molar-refractivity contribution in [3.8, 4) is 0 Å². The van der Waals surface area contributed by atoms with E-state index in [-0.39, 0.29) is 11.4 Å². The lowest BCUT2D eigenvalue weighted by Crippen LogP contribution is -2.15. The number of aryl methyl sites for hydroxylation is 1. The third-order valence-corrected chi connectivity index (χ3v) is 3.31. The summed E-state index contributed by atoms with van der Waals surface area (Å²) in [5.41, 5.74) is -0.0342. The molecule has 0 aliphatic carbocycles. The molecule has 106 valence electrons. The fourth-order valence-electron chi connectivity index (χ4n) is 1.55. The standard InChI is InChI=1S/C12H11FN2O4S/c1-7-2-3-11(19-7)12(16)15-9-4-8(13)5-10(6-9)20(14,17)18/h2-6H,1H3,(H,15,16)(H2,14,17,18). The number of halogens is 1. The molecule has 1 aromatic heterocycles. The number of hydrogen-bond acceptors (Lipinski definition) is 4. The number of amides is 1. The lowest BCUT2D eigenvalue weighted by molar-refractivity contribution is 0.0995. The van der Waals surface area contributed by atoms with Crippen molar-refractivity contribution in [2.45, 2.75) is 11.8 Å². The van der Waals surface area contributed by atoms with Crippen molar-refractivity contribution < 1.29 is 22.0 Å².